The van der Waals surface area contributed by atoms with Crippen LogP contribution < -0.4 is 24.0 Å². The molecule has 0 N–H and O–H groups in total. The van der Waals surface area contributed by atoms with Crippen molar-refractivity contribution in [3.05, 3.63) is 51.2 Å². The number of likely N-dealkylation sites (tertiary alicyclic amines) is 1. The SMILES string of the molecule is [2H]C([2H])([2H])n1cc(C[C@H](C(=O)[O-])N2CC[C@@]3(C[C@@H]3c3ccc(Br)cc3Cl)C2=O)cn1.[Li+]. The van der Waals surface area contributed by atoms with Gasteiger partial charge in [0.15, 0.2) is 0 Å². The first kappa shape index (κ1) is 17.6. The van der Waals surface area contributed by atoms with Crippen molar-refractivity contribution in [2.75, 3.05) is 6.54 Å². The summed E-state index contributed by atoms with van der Waals surface area (Å²) in [7, 11) is 0. The maximum Gasteiger partial charge on any atom is 1.00 e. The molecule has 0 unspecified atom stereocenters. The van der Waals surface area contributed by atoms with Crippen LogP contribution in [0.1, 0.15) is 34.0 Å². The number of carboxylic acids is 1. The molecule has 1 saturated carbocycles. The second-order valence-electron chi connectivity index (χ2n) is 7.16. The molecule has 2 aromatic rings. The summed E-state index contributed by atoms with van der Waals surface area (Å²) in [5, 5.41) is 16.2. The predicted octanol–water partition coefficient (Wildman–Crippen LogP) is -1.09. The minimum Gasteiger partial charge on any atom is -0.548 e. The van der Waals surface area contributed by atoms with Gasteiger partial charge in [0.05, 0.1) is 23.6 Å². The van der Waals surface area contributed by atoms with Gasteiger partial charge in [-0.2, -0.15) is 5.10 Å². The number of benzene rings is 1. The van der Waals surface area contributed by atoms with Crippen LogP contribution in [0, 0.1) is 5.41 Å². The summed E-state index contributed by atoms with van der Waals surface area (Å²) in [6.45, 7) is -2.15. The zero-order valence-corrected chi connectivity index (χ0v) is 17.5. The molecule has 2 heterocycles. The number of hydrogen-bond donors (Lipinski definition) is 0. The van der Waals surface area contributed by atoms with Crippen molar-refractivity contribution in [2.45, 2.75) is 31.2 Å². The molecule has 1 amide bonds. The molecular weight excluding hydrogens is 441 g/mol. The van der Waals surface area contributed by atoms with Crippen LogP contribution in [0.2, 0.25) is 5.02 Å². The molecule has 6 nitrogen and oxygen atoms in total. The number of carbonyl (C=O) groups is 2. The Morgan fingerprint density at radius 2 is 2.36 bits per heavy atom. The van der Waals surface area contributed by atoms with Crippen molar-refractivity contribution in [1.82, 2.24) is 14.7 Å². The van der Waals surface area contributed by atoms with Gasteiger partial charge in [-0.3, -0.25) is 9.48 Å². The summed E-state index contributed by atoms with van der Waals surface area (Å²) in [4.78, 5) is 26.4. The van der Waals surface area contributed by atoms with Crippen LogP contribution in [0.4, 0.5) is 0 Å². The molecule has 3 atom stereocenters. The second-order valence-corrected chi connectivity index (χ2v) is 8.48. The Morgan fingerprint density at radius 3 is 3.00 bits per heavy atom. The Balaban J connectivity index is 0.00000272. The van der Waals surface area contributed by atoms with Gasteiger partial charge in [0.25, 0.3) is 0 Å². The molecule has 0 bridgehead atoms. The number of carbonyl (C=O) groups excluding carboxylic acids is 2. The summed E-state index contributed by atoms with van der Waals surface area (Å²) < 4.78 is 23.8. The number of halogens is 2. The molecule has 1 aromatic heterocycles. The third-order valence-corrected chi connectivity index (χ3v) is 6.43. The summed E-state index contributed by atoms with van der Waals surface area (Å²) in [6, 6.07) is 4.36. The van der Waals surface area contributed by atoms with E-state index in [1.807, 2.05) is 12.1 Å². The smallest absolute Gasteiger partial charge is 0.548 e. The standard InChI is InChI=1S/C19H19BrClN3O3.Li/c1-23-10-11(9-22-23)6-16(17(25)26)24-5-4-19(18(24)27)8-14(19)13-3-2-12(20)7-15(13)21;/h2-3,7,9-10,14,16H,4-6,8H2,1H3,(H,25,26);/q;+1/p-1/t14-,16-,19+;/m1./s1/i1D3;. The maximum atomic E-state index is 13.2. The van der Waals surface area contributed by atoms with E-state index in [4.69, 9.17) is 15.7 Å². The number of hydrogen-bond acceptors (Lipinski definition) is 4. The monoisotopic (exact) mass is 460 g/mol. The van der Waals surface area contributed by atoms with Gasteiger partial charge < -0.3 is 14.8 Å². The minimum atomic E-state index is -2.45. The fourth-order valence-electron chi connectivity index (χ4n) is 4.13. The summed E-state index contributed by atoms with van der Waals surface area (Å²) in [5.41, 5.74) is 0.671. The zero-order valence-electron chi connectivity index (χ0n) is 18.2. The topological polar surface area (TPSA) is 78.3 Å². The first-order valence-electron chi connectivity index (χ1n) is 10.0. The Morgan fingerprint density at radius 1 is 1.57 bits per heavy atom. The molecule has 1 aromatic carbocycles. The molecular formula is C19H18BrClLiN3O3. The second kappa shape index (κ2) is 7.87. The number of aromatic nitrogens is 2. The molecule has 9 heteroatoms. The van der Waals surface area contributed by atoms with Gasteiger partial charge in [0.2, 0.25) is 5.91 Å². The van der Waals surface area contributed by atoms with Gasteiger partial charge in [-0.15, -0.1) is 0 Å². The average molecular weight is 462 g/mol. The van der Waals surface area contributed by atoms with Gasteiger partial charge >= 0.3 is 18.9 Å². The summed E-state index contributed by atoms with van der Waals surface area (Å²) in [6.07, 6.45) is 3.69. The van der Waals surface area contributed by atoms with Gasteiger partial charge in [0.1, 0.15) is 0 Å². The fourth-order valence-corrected chi connectivity index (χ4v) is 4.94. The van der Waals surface area contributed by atoms with Crippen LogP contribution in [-0.2, 0) is 23.0 Å². The average Bonchev–Trinajstić information content (AvgIpc) is 3.00. The van der Waals surface area contributed by atoms with Crippen LogP contribution in [0.25, 0.3) is 0 Å². The summed E-state index contributed by atoms with van der Waals surface area (Å²) in [5.74, 6) is -1.64. The van der Waals surface area contributed by atoms with Crippen molar-refractivity contribution in [1.29, 1.82) is 0 Å². The first-order valence-corrected chi connectivity index (χ1v) is 9.71. The van der Waals surface area contributed by atoms with Gasteiger partial charge in [0, 0.05) is 45.7 Å². The molecule has 1 aliphatic heterocycles. The van der Waals surface area contributed by atoms with E-state index in [1.54, 1.807) is 6.07 Å². The van der Waals surface area contributed by atoms with E-state index < -0.39 is 24.4 Å². The largest absolute Gasteiger partial charge is 1.00 e. The summed E-state index contributed by atoms with van der Waals surface area (Å²) >= 11 is 9.72. The van der Waals surface area contributed by atoms with Gasteiger partial charge in [-0.05, 0) is 36.1 Å². The van der Waals surface area contributed by atoms with Crippen molar-refractivity contribution in [3.8, 4) is 0 Å². The molecule has 1 spiro atoms. The number of aryl methyl sites for hydroxylation is 1. The van der Waals surface area contributed by atoms with E-state index in [0.717, 1.165) is 14.7 Å². The van der Waals surface area contributed by atoms with Crippen LogP contribution in [0.3, 0.4) is 0 Å². The quantitative estimate of drug-likeness (QED) is 0.530. The Hall–Kier alpha value is -1.26. The number of amides is 1. The van der Waals surface area contributed by atoms with Crippen molar-refractivity contribution < 1.29 is 37.7 Å². The predicted molar refractivity (Wildman–Crippen MR) is 101 cm³/mol. The van der Waals surface area contributed by atoms with Crippen molar-refractivity contribution in [3.63, 3.8) is 0 Å². The molecule has 2 fully saturated rings. The van der Waals surface area contributed by atoms with E-state index in [2.05, 4.69) is 21.0 Å². The van der Waals surface area contributed by atoms with E-state index in [9.17, 15) is 14.7 Å². The van der Waals surface area contributed by atoms with Gasteiger partial charge in [-0.1, -0.05) is 33.6 Å². The molecule has 28 heavy (non-hydrogen) atoms. The Kier molecular flexibility index (Phi) is 4.94. The molecule has 4 rings (SSSR count). The Labute approximate surface area is 192 Å². The van der Waals surface area contributed by atoms with Crippen LogP contribution >= 0.6 is 27.5 Å². The van der Waals surface area contributed by atoms with Crippen molar-refractivity contribution in [2.24, 2.45) is 12.4 Å². The third-order valence-electron chi connectivity index (χ3n) is 5.61. The minimum absolute atomic E-state index is 0. The molecule has 1 aliphatic carbocycles. The van der Waals surface area contributed by atoms with Crippen molar-refractivity contribution >= 4 is 39.4 Å². The van der Waals surface area contributed by atoms with E-state index in [-0.39, 0.29) is 37.1 Å². The van der Waals surface area contributed by atoms with Crippen LogP contribution in [0.5, 0.6) is 0 Å². The maximum absolute atomic E-state index is 13.2. The molecule has 0 radical (unpaired) electrons. The number of rotatable bonds is 5. The van der Waals surface area contributed by atoms with E-state index >= 15 is 0 Å². The van der Waals surface area contributed by atoms with E-state index in [0.29, 0.717) is 30.0 Å². The fraction of sp³-hybridized carbons (Fsp3) is 0.421. The number of carboxylic acid groups (broad SMARTS) is 1. The number of aliphatic carboxylic acids is 1. The molecule has 1 saturated heterocycles. The zero-order chi connectivity index (χ0) is 21.8. The molecule has 2 aliphatic rings. The Bertz CT molecular complexity index is 1030. The van der Waals surface area contributed by atoms with Crippen LogP contribution in [0.15, 0.2) is 35.1 Å². The number of nitrogens with zero attached hydrogens (tertiary/aromatic N) is 3. The third kappa shape index (κ3) is 3.66. The molecule has 142 valence electrons. The van der Waals surface area contributed by atoms with Gasteiger partial charge in [-0.25, -0.2) is 0 Å². The first-order chi connectivity index (χ1) is 14.0. The van der Waals surface area contributed by atoms with E-state index in [1.165, 1.54) is 17.3 Å². The van der Waals surface area contributed by atoms with Crippen LogP contribution in [-0.4, -0.2) is 39.1 Å². The normalized spacial score (nSPS) is 26.4.